The van der Waals surface area contributed by atoms with Crippen molar-refractivity contribution >= 4 is 44.1 Å². The standard InChI is InChI=1S/C60H30N12/c61-29-49-50(30-62)68-46-26-38-37(25-45(46)67-49)57-53(33-13-5-1-6-14-33)41-21-22-42(65-41)54(34-15-7-2-8-16-34)59-39-27-47-48(70-52(32-64)51(31-63)69-47)28-40(39)60(72-59)56(36-19-11-4-12-20-36)44-24-23-43(66-44)55(58(38)71-57)35-17-9-3-10-18-35/h1-28,65-66H. The molecule has 13 rings (SSSR count). The third kappa shape index (κ3) is 6.50. The van der Waals surface area contributed by atoms with Crippen molar-refractivity contribution in [3.63, 3.8) is 0 Å². The molecule has 8 bridgehead atoms. The first-order valence-electron chi connectivity index (χ1n) is 22.9. The fraction of sp³-hybridized carbons (Fsp3) is 0. The van der Waals surface area contributed by atoms with Crippen molar-refractivity contribution in [2.24, 2.45) is 0 Å². The van der Waals surface area contributed by atoms with E-state index in [0.29, 0.717) is 44.8 Å². The van der Waals surface area contributed by atoms with E-state index < -0.39 is 0 Å². The van der Waals surface area contributed by atoms with E-state index in [1.807, 2.05) is 97.1 Å². The molecule has 2 aliphatic rings. The van der Waals surface area contributed by atoms with Crippen LogP contribution in [0.2, 0.25) is 0 Å². The number of rotatable bonds is 4. The summed E-state index contributed by atoms with van der Waals surface area (Å²) >= 11 is 0. The van der Waals surface area contributed by atoms with E-state index in [4.69, 9.17) is 9.97 Å². The number of H-pyrrole nitrogens is 2. The van der Waals surface area contributed by atoms with Crippen LogP contribution in [0.15, 0.2) is 170 Å². The minimum Gasteiger partial charge on any atom is -0.354 e. The van der Waals surface area contributed by atoms with E-state index in [9.17, 15) is 21.0 Å². The maximum atomic E-state index is 10.1. The van der Waals surface area contributed by atoms with Gasteiger partial charge in [0.1, 0.15) is 24.3 Å². The first kappa shape index (κ1) is 41.3. The minimum absolute atomic E-state index is 0.0588. The highest BCUT2D eigenvalue weighted by Crippen LogP contribution is 2.50. The summed E-state index contributed by atoms with van der Waals surface area (Å²) in [5.41, 5.74) is 17.1. The third-order valence-electron chi connectivity index (χ3n) is 13.1. The molecule has 0 fully saturated rings. The average molecular weight is 919 g/mol. The Balaban J connectivity index is 1.29. The predicted molar refractivity (Wildman–Crippen MR) is 277 cm³/mol. The highest BCUT2D eigenvalue weighted by Gasteiger charge is 2.30. The molecule has 2 N–H and O–H groups in total. The molecule has 0 unspecified atom stereocenters. The lowest BCUT2D eigenvalue weighted by molar-refractivity contribution is 1.20. The molecule has 12 heteroatoms. The van der Waals surface area contributed by atoms with Crippen LogP contribution in [-0.4, -0.2) is 39.9 Å². The molecular weight excluding hydrogens is 889 g/mol. The van der Waals surface area contributed by atoms with Crippen LogP contribution >= 0.6 is 0 Å². The van der Waals surface area contributed by atoms with Gasteiger partial charge in [-0.1, -0.05) is 121 Å². The van der Waals surface area contributed by atoms with E-state index in [1.54, 1.807) is 0 Å². The second kappa shape index (κ2) is 16.4. The number of aromatic amines is 2. The summed E-state index contributed by atoms with van der Waals surface area (Å²) in [6.45, 7) is 0. The quantitative estimate of drug-likeness (QED) is 0.171. The van der Waals surface area contributed by atoms with Gasteiger partial charge < -0.3 is 9.97 Å². The Kier molecular flexibility index (Phi) is 9.40. The van der Waals surface area contributed by atoms with Crippen LogP contribution in [0.4, 0.5) is 0 Å². The summed E-state index contributed by atoms with van der Waals surface area (Å²) in [6.07, 6.45) is 0. The zero-order valence-electron chi connectivity index (χ0n) is 37.6. The molecule has 7 heterocycles. The SMILES string of the molecule is N#Cc1nc2cc3c(cc2nc1C#N)-c1nc-3c(-c2ccccc2)c2ccc([nH]2)c(-c2ccccc2)c2nc(c(-c3ccccc3)c3ccc([nH]3)c1-c1ccccc1)-c1cc3nc(C#N)c(C#N)nc3cc1-2. The van der Waals surface area contributed by atoms with Crippen molar-refractivity contribution < 1.29 is 0 Å². The third-order valence-corrected chi connectivity index (χ3v) is 13.1. The van der Waals surface area contributed by atoms with Crippen LogP contribution in [0.1, 0.15) is 22.8 Å². The van der Waals surface area contributed by atoms with E-state index in [2.05, 4.69) is 127 Å². The summed E-state index contributed by atoms with van der Waals surface area (Å²) in [5, 5.41) is 40.3. The second-order valence-corrected chi connectivity index (χ2v) is 17.2. The number of nitriles is 4. The molecule has 5 aromatic heterocycles. The number of fused-ring (bicyclic) bond motifs is 16. The van der Waals surface area contributed by atoms with Crippen LogP contribution in [0.3, 0.4) is 0 Å². The van der Waals surface area contributed by atoms with E-state index >= 15 is 0 Å². The Morgan fingerprint density at radius 2 is 0.500 bits per heavy atom. The highest BCUT2D eigenvalue weighted by molar-refractivity contribution is 6.10. The van der Waals surface area contributed by atoms with Crippen LogP contribution in [0.25, 0.3) is 134 Å². The van der Waals surface area contributed by atoms with Gasteiger partial charge in [0.15, 0.2) is 22.8 Å². The average Bonchev–Trinajstić information content (AvgIpc) is 4.26. The summed E-state index contributed by atoms with van der Waals surface area (Å²) in [7, 11) is 0. The fourth-order valence-electron chi connectivity index (χ4n) is 10.00. The Morgan fingerprint density at radius 1 is 0.278 bits per heavy atom. The Morgan fingerprint density at radius 3 is 0.708 bits per heavy atom. The van der Waals surface area contributed by atoms with Crippen molar-refractivity contribution in [2.45, 2.75) is 0 Å². The van der Waals surface area contributed by atoms with Gasteiger partial charge in [0.25, 0.3) is 0 Å². The first-order chi connectivity index (χ1) is 35.5. The van der Waals surface area contributed by atoms with Gasteiger partial charge in [-0.15, -0.1) is 0 Å². The highest BCUT2D eigenvalue weighted by atomic mass is 14.9. The largest absolute Gasteiger partial charge is 0.354 e. The molecule has 0 spiro atoms. The molecule has 11 aromatic rings. The van der Waals surface area contributed by atoms with Gasteiger partial charge in [-0.05, 0) is 70.8 Å². The molecule has 0 saturated heterocycles. The smallest absolute Gasteiger partial charge is 0.177 e. The van der Waals surface area contributed by atoms with E-state index in [0.717, 1.165) is 88.8 Å². The summed E-state index contributed by atoms with van der Waals surface area (Å²) in [4.78, 5) is 37.8. The van der Waals surface area contributed by atoms with Crippen molar-refractivity contribution in [1.82, 2.24) is 39.9 Å². The van der Waals surface area contributed by atoms with Gasteiger partial charge in [0.2, 0.25) is 0 Å². The van der Waals surface area contributed by atoms with Gasteiger partial charge in [0.05, 0.1) is 44.8 Å². The van der Waals surface area contributed by atoms with Gasteiger partial charge in [-0.25, -0.2) is 29.9 Å². The molecule has 0 aliphatic carbocycles. The number of aromatic nitrogens is 8. The Bertz CT molecular complexity index is 3910. The molecule has 0 amide bonds. The van der Waals surface area contributed by atoms with Gasteiger partial charge in [0, 0.05) is 66.6 Å². The summed E-state index contributed by atoms with van der Waals surface area (Å²) in [6, 6.07) is 64.5. The maximum absolute atomic E-state index is 10.1. The topological polar surface area (TPSA) is 204 Å². The van der Waals surface area contributed by atoms with E-state index in [1.165, 1.54) is 0 Å². The number of hydrogen-bond donors (Lipinski definition) is 2. The first-order valence-corrected chi connectivity index (χ1v) is 22.9. The number of nitrogens with one attached hydrogen (secondary N) is 2. The lowest BCUT2D eigenvalue weighted by atomic mass is 9.94. The van der Waals surface area contributed by atoms with Crippen LogP contribution < -0.4 is 0 Å². The lowest BCUT2D eigenvalue weighted by Gasteiger charge is -2.10. The summed E-state index contributed by atoms with van der Waals surface area (Å²) in [5.74, 6) is 0. The van der Waals surface area contributed by atoms with Crippen LogP contribution in [0.5, 0.6) is 0 Å². The van der Waals surface area contributed by atoms with Crippen LogP contribution in [0, 0.1) is 45.3 Å². The lowest BCUT2D eigenvalue weighted by Crippen LogP contribution is -1.96. The molecule has 72 heavy (non-hydrogen) atoms. The van der Waals surface area contributed by atoms with Crippen LogP contribution in [-0.2, 0) is 0 Å². The van der Waals surface area contributed by atoms with Gasteiger partial charge >= 0.3 is 0 Å². The summed E-state index contributed by atoms with van der Waals surface area (Å²) < 4.78 is 0. The fourth-order valence-corrected chi connectivity index (χ4v) is 10.00. The monoisotopic (exact) mass is 918 g/mol. The molecule has 0 atom stereocenters. The number of nitrogens with zero attached hydrogens (tertiary/aromatic N) is 10. The molecular formula is C60H30N12. The van der Waals surface area contributed by atoms with Crippen molar-refractivity contribution in [2.75, 3.05) is 0 Å². The second-order valence-electron chi connectivity index (χ2n) is 17.2. The molecule has 0 saturated carbocycles. The number of hydrogen-bond acceptors (Lipinski definition) is 10. The minimum atomic E-state index is -0.0588. The molecule has 6 aromatic carbocycles. The zero-order chi connectivity index (χ0) is 48.5. The molecule has 12 nitrogen and oxygen atoms in total. The predicted octanol–water partition coefficient (Wildman–Crippen LogP) is 13.0. The van der Waals surface area contributed by atoms with Gasteiger partial charge in [-0.3, -0.25) is 0 Å². The van der Waals surface area contributed by atoms with Gasteiger partial charge in [-0.2, -0.15) is 21.0 Å². The molecule has 0 radical (unpaired) electrons. The molecule has 330 valence electrons. The van der Waals surface area contributed by atoms with Crippen molar-refractivity contribution in [3.05, 3.63) is 193 Å². The Hall–Kier alpha value is -10.9. The zero-order valence-corrected chi connectivity index (χ0v) is 37.6. The maximum Gasteiger partial charge on any atom is 0.177 e. The molecule has 2 aliphatic heterocycles. The van der Waals surface area contributed by atoms with Crippen molar-refractivity contribution in [3.8, 4) is 114 Å². The van der Waals surface area contributed by atoms with Crippen molar-refractivity contribution in [1.29, 1.82) is 21.0 Å². The Labute approximate surface area is 409 Å². The number of benzene rings is 6. The normalized spacial score (nSPS) is 11.3. The van der Waals surface area contributed by atoms with E-state index in [-0.39, 0.29) is 22.8 Å².